The number of carbonyl (C=O) groups is 2. The fraction of sp³-hybridized carbons (Fsp3) is 0.182. The van der Waals surface area contributed by atoms with Crippen LogP contribution in [0.1, 0.15) is 5.56 Å². The quantitative estimate of drug-likeness (QED) is 0.443. The molecule has 2 aromatic rings. The van der Waals surface area contributed by atoms with Crippen molar-refractivity contribution < 1.29 is 23.8 Å². The Bertz CT molecular complexity index is 1010. The van der Waals surface area contributed by atoms with Gasteiger partial charge < -0.3 is 14.2 Å². The molecule has 0 aliphatic carbocycles. The number of terminal acetylenes is 1. The van der Waals surface area contributed by atoms with E-state index < -0.39 is 0 Å². The Morgan fingerprint density at radius 2 is 1.90 bits per heavy atom. The highest BCUT2D eigenvalue weighted by atomic mass is 35.5. The summed E-state index contributed by atoms with van der Waals surface area (Å²) in [6.45, 7) is 0.446. The third kappa shape index (κ3) is 5.29. The van der Waals surface area contributed by atoms with Gasteiger partial charge in [0.25, 0.3) is 11.1 Å². The number of benzene rings is 2. The molecule has 0 atom stereocenters. The van der Waals surface area contributed by atoms with Crippen molar-refractivity contribution in [3.63, 3.8) is 0 Å². The number of ether oxygens (including phenoxy) is 3. The molecule has 1 fully saturated rings. The van der Waals surface area contributed by atoms with E-state index in [0.29, 0.717) is 32.7 Å². The minimum absolute atomic E-state index is 0.118. The second-order valence-corrected chi connectivity index (χ2v) is 7.47. The molecule has 0 bridgehead atoms. The third-order valence-electron chi connectivity index (χ3n) is 4.07. The molecule has 0 N–H and O–H groups in total. The number of halogens is 1. The molecule has 8 heteroatoms. The van der Waals surface area contributed by atoms with Gasteiger partial charge in [0.1, 0.15) is 19.0 Å². The lowest BCUT2D eigenvalue weighted by molar-refractivity contribution is -0.123. The first-order valence-electron chi connectivity index (χ1n) is 8.90. The van der Waals surface area contributed by atoms with Crippen LogP contribution in [0.2, 0.25) is 5.02 Å². The molecule has 0 saturated carbocycles. The third-order valence-corrected chi connectivity index (χ3v) is 5.23. The molecular formula is C22H18ClNO5S. The number of carbonyl (C=O) groups excluding carboxylic acids is 2. The lowest BCUT2D eigenvalue weighted by Crippen LogP contribution is -2.32. The molecule has 0 radical (unpaired) electrons. The molecule has 2 amide bonds. The van der Waals surface area contributed by atoms with E-state index >= 15 is 0 Å². The first-order chi connectivity index (χ1) is 14.5. The SMILES string of the molecule is C#CCOc1ccc(/C=C2\SC(=O)N(CCOc3ccc(Cl)cc3)C2=O)cc1OC. The molecule has 3 rings (SSSR count). The molecule has 0 unspecified atom stereocenters. The molecule has 1 heterocycles. The number of imide groups is 1. The van der Waals surface area contributed by atoms with Crippen LogP contribution < -0.4 is 14.2 Å². The zero-order chi connectivity index (χ0) is 21.5. The monoisotopic (exact) mass is 443 g/mol. The Hall–Kier alpha value is -3.08. The Kier molecular flexibility index (Phi) is 7.28. The zero-order valence-corrected chi connectivity index (χ0v) is 17.7. The minimum Gasteiger partial charge on any atom is -0.493 e. The van der Waals surface area contributed by atoms with Crippen molar-refractivity contribution in [1.29, 1.82) is 0 Å². The highest BCUT2D eigenvalue weighted by Crippen LogP contribution is 2.34. The Morgan fingerprint density at radius 3 is 2.60 bits per heavy atom. The van der Waals surface area contributed by atoms with E-state index in [1.54, 1.807) is 48.5 Å². The van der Waals surface area contributed by atoms with Gasteiger partial charge >= 0.3 is 0 Å². The summed E-state index contributed by atoms with van der Waals surface area (Å²) in [6.07, 6.45) is 6.84. The second-order valence-electron chi connectivity index (χ2n) is 6.04. The average molecular weight is 444 g/mol. The van der Waals surface area contributed by atoms with Crippen molar-refractivity contribution in [1.82, 2.24) is 4.90 Å². The van der Waals surface area contributed by atoms with Gasteiger partial charge in [-0.3, -0.25) is 14.5 Å². The highest BCUT2D eigenvalue weighted by molar-refractivity contribution is 8.18. The van der Waals surface area contributed by atoms with Crippen molar-refractivity contribution >= 4 is 40.6 Å². The van der Waals surface area contributed by atoms with Crippen molar-refractivity contribution in [2.24, 2.45) is 0 Å². The zero-order valence-electron chi connectivity index (χ0n) is 16.1. The molecule has 6 nitrogen and oxygen atoms in total. The van der Waals surface area contributed by atoms with Gasteiger partial charge in [0.2, 0.25) is 0 Å². The van der Waals surface area contributed by atoms with E-state index in [4.69, 9.17) is 32.2 Å². The maximum absolute atomic E-state index is 12.6. The van der Waals surface area contributed by atoms with Crippen LogP contribution in [0.4, 0.5) is 4.79 Å². The molecular weight excluding hydrogens is 426 g/mol. The van der Waals surface area contributed by atoms with E-state index in [-0.39, 0.29) is 30.9 Å². The topological polar surface area (TPSA) is 65.1 Å². The van der Waals surface area contributed by atoms with E-state index in [2.05, 4.69) is 5.92 Å². The van der Waals surface area contributed by atoms with Crippen LogP contribution in [0.25, 0.3) is 6.08 Å². The smallest absolute Gasteiger partial charge is 0.293 e. The van der Waals surface area contributed by atoms with Gasteiger partial charge in [0.05, 0.1) is 18.6 Å². The number of amides is 2. The lowest BCUT2D eigenvalue weighted by atomic mass is 10.2. The van der Waals surface area contributed by atoms with Crippen LogP contribution in [0.5, 0.6) is 17.2 Å². The summed E-state index contributed by atoms with van der Waals surface area (Å²) in [6, 6.07) is 12.0. The van der Waals surface area contributed by atoms with Gasteiger partial charge in [-0.15, -0.1) is 6.42 Å². The number of hydrogen-bond donors (Lipinski definition) is 0. The second kappa shape index (κ2) is 10.1. The Balaban J connectivity index is 1.65. The number of hydrogen-bond acceptors (Lipinski definition) is 6. The summed E-state index contributed by atoms with van der Waals surface area (Å²) in [4.78, 5) is 26.4. The predicted octanol–water partition coefficient (Wildman–Crippen LogP) is 4.48. The number of thioether (sulfide) groups is 1. The van der Waals surface area contributed by atoms with Crippen LogP contribution in [0.15, 0.2) is 47.4 Å². The van der Waals surface area contributed by atoms with E-state index in [1.165, 1.54) is 7.11 Å². The standard InChI is InChI=1S/C22H18ClNO5S/c1-3-11-29-18-9-4-15(13-19(18)27-2)14-20-21(25)24(22(26)30-20)10-12-28-17-7-5-16(23)6-8-17/h1,4-9,13-14H,10-12H2,2H3/b20-14-. The summed E-state index contributed by atoms with van der Waals surface area (Å²) < 4.78 is 16.3. The molecule has 0 aromatic heterocycles. The van der Waals surface area contributed by atoms with Gasteiger partial charge in [0.15, 0.2) is 11.5 Å². The predicted molar refractivity (Wildman–Crippen MR) is 117 cm³/mol. The fourth-order valence-corrected chi connectivity index (χ4v) is 3.63. The van der Waals surface area contributed by atoms with E-state index in [9.17, 15) is 9.59 Å². The normalized spacial score (nSPS) is 14.7. The molecule has 1 saturated heterocycles. The van der Waals surface area contributed by atoms with Crippen molar-refractivity contribution in [2.75, 3.05) is 26.9 Å². The Labute approximate surface area is 183 Å². The summed E-state index contributed by atoms with van der Waals surface area (Å²) in [5, 5.41) is 0.262. The first-order valence-corrected chi connectivity index (χ1v) is 10.1. The molecule has 154 valence electrons. The fourth-order valence-electron chi connectivity index (χ4n) is 2.64. The van der Waals surface area contributed by atoms with Gasteiger partial charge in [-0.2, -0.15) is 0 Å². The van der Waals surface area contributed by atoms with Crippen molar-refractivity contribution in [3.8, 4) is 29.6 Å². The number of methoxy groups -OCH3 is 1. The van der Waals surface area contributed by atoms with Crippen LogP contribution in [0.3, 0.4) is 0 Å². The van der Waals surface area contributed by atoms with Crippen LogP contribution in [-0.2, 0) is 4.79 Å². The molecule has 1 aliphatic heterocycles. The molecule has 0 spiro atoms. The van der Waals surface area contributed by atoms with Gasteiger partial charge in [-0.25, -0.2) is 0 Å². The van der Waals surface area contributed by atoms with Crippen LogP contribution in [0, 0.1) is 12.3 Å². The van der Waals surface area contributed by atoms with Gasteiger partial charge in [-0.05, 0) is 59.8 Å². The molecule has 2 aromatic carbocycles. The van der Waals surface area contributed by atoms with Crippen LogP contribution >= 0.6 is 23.4 Å². The maximum atomic E-state index is 12.6. The number of rotatable bonds is 8. The number of nitrogens with zero attached hydrogens (tertiary/aromatic N) is 1. The summed E-state index contributed by atoms with van der Waals surface area (Å²) in [5.74, 6) is 3.62. The summed E-state index contributed by atoms with van der Waals surface area (Å²) in [7, 11) is 1.51. The minimum atomic E-state index is -0.365. The van der Waals surface area contributed by atoms with Crippen LogP contribution in [-0.4, -0.2) is 42.9 Å². The summed E-state index contributed by atoms with van der Waals surface area (Å²) >= 11 is 6.72. The molecule has 1 aliphatic rings. The Morgan fingerprint density at radius 1 is 1.13 bits per heavy atom. The lowest BCUT2D eigenvalue weighted by Gasteiger charge is -2.13. The largest absolute Gasteiger partial charge is 0.493 e. The van der Waals surface area contributed by atoms with Gasteiger partial charge in [-0.1, -0.05) is 23.6 Å². The van der Waals surface area contributed by atoms with Crippen molar-refractivity contribution in [3.05, 3.63) is 58.0 Å². The highest BCUT2D eigenvalue weighted by Gasteiger charge is 2.34. The first kappa shape index (κ1) is 21.6. The van der Waals surface area contributed by atoms with E-state index in [1.807, 2.05) is 0 Å². The summed E-state index contributed by atoms with van der Waals surface area (Å²) in [5.41, 5.74) is 0.697. The van der Waals surface area contributed by atoms with Crippen molar-refractivity contribution in [2.45, 2.75) is 0 Å². The molecule has 30 heavy (non-hydrogen) atoms. The van der Waals surface area contributed by atoms with Gasteiger partial charge in [0, 0.05) is 5.02 Å². The maximum Gasteiger partial charge on any atom is 0.293 e. The average Bonchev–Trinajstić information content (AvgIpc) is 3.01. The van der Waals surface area contributed by atoms with E-state index in [0.717, 1.165) is 16.7 Å².